The summed E-state index contributed by atoms with van der Waals surface area (Å²) in [7, 11) is 0.500. The van der Waals surface area contributed by atoms with Crippen LogP contribution in [0.4, 0.5) is 15.8 Å². The van der Waals surface area contributed by atoms with E-state index in [2.05, 4.69) is 10.3 Å². The number of nitrogens with zero attached hydrogens (tertiary/aromatic N) is 1. The predicted octanol–water partition coefficient (Wildman–Crippen LogP) is 3.98. The molecule has 0 atom stereocenters. The highest BCUT2D eigenvalue weighted by molar-refractivity contribution is 7.13. The molecule has 25 heavy (non-hydrogen) atoms. The lowest BCUT2D eigenvalue weighted by Gasteiger charge is -2.18. The molecular formula is C18H16FN3O2S. The molecule has 0 radical (unpaired) electrons. The topological polar surface area (TPSA) is 77.2 Å². The van der Waals surface area contributed by atoms with Crippen molar-refractivity contribution in [2.24, 2.45) is 0 Å². The molecule has 0 unspecified atom stereocenters. The van der Waals surface area contributed by atoms with Crippen LogP contribution in [0.2, 0.25) is 0 Å². The first kappa shape index (κ1) is 16.9. The highest BCUT2D eigenvalue weighted by Gasteiger charge is 2.17. The lowest BCUT2D eigenvalue weighted by molar-refractivity contribution is -0.118. The zero-order valence-electron chi connectivity index (χ0n) is 13.5. The Hall–Kier alpha value is -2.93. The second-order valence-electron chi connectivity index (χ2n) is 5.21. The van der Waals surface area contributed by atoms with Crippen molar-refractivity contribution >= 4 is 28.6 Å². The minimum atomic E-state index is -0.145. The maximum Gasteiger partial charge on any atom is 0.262 e. The van der Waals surface area contributed by atoms with Gasteiger partial charge in [0.15, 0.2) is 6.61 Å². The van der Waals surface area contributed by atoms with E-state index in [1.54, 1.807) is 11.3 Å². The average Bonchev–Trinajstić information content (AvgIpc) is 3.13. The molecule has 0 aliphatic carbocycles. The summed E-state index contributed by atoms with van der Waals surface area (Å²) in [5, 5.41) is 5.71. The Morgan fingerprint density at radius 1 is 1.20 bits per heavy atom. The molecule has 3 N–H and O–H groups in total. The van der Waals surface area contributed by atoms with Crippen LogP contribution in [0.15, 0.2) is 47.8 Å². The Morgan fingerprint density at radius 2 is 2.04 bits per heavy atom. The van der Waals surface area contributed by atoms with Gasteiger partial charge in [-0.1, -0.05) is 12.1 Å². The van der Waals surface area contributed by atoms with Gasteiger partial charge in [0.1, 0.15) is 10.8 Å². The van der Waals surface area contributed by atoms with Crippen molar-refractivity contribution in [1.82, 2.24) is 4.98 Å². The van der Waals surface area contributed by atoms with Crippen LogP contribution in [0.1, 0.15) is 0 Å². The number of carbonyl (C=O) groups excluding carboxylic acids is 1. The van der Waals surface area contributed by atoms with E-state index in [0.29, 0.717) is 24.3 Å². The summed E-state index contributed by atoms with van der Waals surface area (Å²) in [5.41, 5.74) is 10.0. The number of thiazole rings is 1. The number of rotatable bonds is 2. The molecule has 0 saturated carbocycles. The number of benzene rings is 2. The van der Waals surface area contributed by atoms with Gasteiger partial charge in [-0.2, -0.15) is 0 Å². The maximum atomic E-state index is 11.4. The van der Waals surface area contributed by atoms with Gasteiger partial charge in [-0.05, 0) is 30.3 Å². The molecule has 1 aromatic heterocycles. The molecule has 2 aromatic carbocycles. The number of fused-ring (bicyclic) bond motifs is 1. The molecule has 0 bridgehead atoms. The first-order valence-electron chi connectivity index (χ1n) is 7.45. The smallest absolute Gasteiger partial charge is 0.262 e. The van der Waals surface area contributed by atoms with Gasteiger partial charge in [-0.25, -0.2) is 4.98 Å². The van der Waals surface area contributed by atoms with Gasteiger partial charge >= 0.3 is 0 Å². The zero-order chi connectivity index (χ0) is 17.8. The average molecular weight is 357 g/mol. The highest BCUT2D eigenvalue weighted by atomic mass is 32.1. The standard InChI is InChI=1S/C17H13N3O2S.CH3F/c18-12-3-1-2-11(6-12)17-20-14(9-23-17)10-4-5-15-13(7-10)19-16(21)8-22-15;1-2/h1-7,9H,8,18H2,(H,19,21);1H3. The highest BCUT2D eigenvalue weighted by Crippen LogP contribution is 2.35. The lowest BCUT2D eigenvalue weighted by atomic mass is 10.1. The van der Waals surface area contributed by atoms with Crippen LogP contribution in [0, 0.1) is 0 Å². The third kappa shape index (κ3) is 3.61. The number of hydrogen-bond acceptors (Lipinski definition) is 5. The van der Waals surface area contributed by atoms with E-state index in [-0.39, 0.29) is 12.5 Å². The number of nitrogen functional groups attached to an aromatic ring is 1. The van der Waals surface area contributed by atoms with Crippen LogP contribution in [0.3, 0.4) is 0 Å². The van der Waals surface area contributed by atoms with Crippen molar-refractivity contribution in [2.45, 2.75) is 0 Å². The van der Waals surface area contributed by atoms with Crippen LogP contribution in [0.25, 0.3) is 21.8 Å². The molecule has 0 spiro atoms. The third-order valence-electron chi connectivity index (χ3n) is 3.55. The van der Waals surface area contributed by atoms with Gasteiger partial charge in [0.05, 0.1) is 18.6 Å². The zero-order valence-corrected chi connectivity index (χ0v) is 14.3. The Kier molecular flexibility index (Phi) is 4.95. The number of alkyl halides is 1. The molecular weight excluding hydrogens is 341 g/mol. The number of ether oxygens (including phenoxy) is 1. The Balaban J connectivity index is 0.000000880. The van der Waals surface area contributed by atoms with Crippen LogP contribution in [-0.2, 0) is 4.79 Å². The minimum absolute atomic E-state index is 0.0582. The van der Waals surface area contributed by atoms with Gasteiger partial charge in [-0.3, -0.25) is 9.18 Å². The molecule has 0 fully saturated rings. The van der Waals surface area contributed by atoms with E-state index < -0.39 is 0 Å². The van der Waals surface area contributed by atoms with E-state index in [1.807, 2.05) is 47.8 Å². The van der Waals surface area contributed by atoms with Crippen LogP contribution >= 0.6 is 11.3 Å². The number of anilines is 2. The predicted molar refractivity (Wildman–Crippen MR) is 98.6 cm³/mol. The van der Waals surface area contributed by atoms with E-state index in [4.69, 9.17) is 10.5 Å². The molecule has 2 heterocycles. The summed E-state index contributed by atoms with van der Waals surface area (Å²) in [6.07, 6.45) is 0. The summed E-state index contributed by atoms with van der Waals surface area (Å²) in [6.45, 7) is 0.0582. The number of nitrogens with one attached hydrogen (secondary N) is 1. The summed E-state index contributed by atoms with van der Waals surface area (Å²) in [5.74, 6) is 0.535. The normalized spacial score (nSPS) is 12.3. The third-order valence-corrected chi connectivity index (χ3v) is 4.44. The minimum Gasteiger partial charge on any atom is -0.482 e. The fourth-order valence-electron chi connectivity index (χ4n) is 2.45. The lowest BCUT2D eigenvalue weighted by Crippen LogP contribution is -2.25. The van der Waals surface area contributed by atoms with Crippen LogP contribution in [0.5, 0.6) is 5.75 Å². The van der Waals surface area contributed by atoms with Gasteiger partial charge < -0.3 is 15.8 Å². The molecule has 1 amide bonds. The number of hydrogen-bond donors (Lipinski definition) is 2. The van der Waals surface area contributed by atoms with Crippen molar-refractivity contribution in [1.29, 1.82) is 0 Å². The Bertz CT molecular complexity index is 911. The SMILES string of the molecule is CF.Nc1cccc(-c2nc(-c3ccc4c(c3)NC(=O)CO4)cs2)c1. The summed E-state index contributed by atoms with van der Waals surface area (Å²) >= 11 is 1.56. The molecule has 5 nitrogen and oxygen atoms in total. The second-order valence-corrected chi connectivity index (χ2v) is 6.07. The molecule has 0 saturated heterocycles. The largest absolute Gasteiger partial charge is 0.482 e. The van der Waals surface area contributed by atoms with Gasteiger partial charge in [0.25, 0.3) is 5.91 Å². The van der Waals surface area contributed by atoms with E-state index >= 15 is 0 Å². The van der Waals surface area contributed by atoms with Crippen LogP contribution < -0.4 is 15.8 Å². The van der Waals surface area contributed by atoms with E-state index in [9.17, 15) is 9.18 Å². The molecule has 128 valence electrons. The number of amides is 1. The van der Waals surface area contributed by atoms with E-state index in [1.165, 1.54) is 0 Å². The number of nitrogens with two attached hydrogens (primary N) is 1. The van der Waals surface area contributed by atoms with Gasteiger partial charge in [0, 0.05) is 22.2 Å². The summed E-state index contributed by atoms with van der Waals surface area (Å²) in [6, 6.07) is 13.3. The van der Waals surface area contributed by atoms with Crippen molar-refractivity contribution < 1.29 is 13.9 Å². The number of aromatic nitrogens is 1. The fourth-order valence-corrected chi connectivity index (χ4v) is 3.28. The monoisotopic (exact) mass is 357 g/mol. The molecule has 7 heteroatoms. The summed E-state index contributed by atoms with van der Waals surface area (Å²) < 4.78 is 14.9. The first-order chi connectivity index (χ1) is 12.2. The fraction of sp³-hybridized carbons (Fsp3) is 0.111. The Morgan fingerprint density at radius 3 is 2.84 bits per heavy atom. The number of carbonyl (C=O) groups is 1. The van der Waals surface area contributed by atoms with Crippen molar-refractivity contribution in [2.75, 3.05) is 24.8 Å². The molecule has 4 rings (SSSR count). The quantitative estimate of drug-likeness (QED) is 0.680. The van der Waals surface area contributed by atoms with Crippen molar-refractivity contribution in [3.8, 4) is 27.6 Å². The molecule has 1 aliphatic rings. The Labute approximate surface area is 148 Å². The number of halogens is 1. The van der Waals surface area contributed by atoms with Crippen molar-refractivity contribution in [3.63, 3.8) is 0 Å². The maximum absolute atomic E-state index is 11.4. The molecule has 1 aliphatic heterocycles. The van der Waals surface area contributed by atoms with Gasteiger partial charge in [-0.15, -0.1) is 11.3 Å². The first-order valence-corrected chi connectivity index (χ1v) is 8.33. The van der Waals surface area contributed by atoms with Crippen molar-refractivity contribution in [3.05, 3.63) is 47.8 Å². The van der Waals surface area contributed by atoms with Crippen LogP contribution in [-0.4, -0.2) is 24.7 Å². The van der Waals surface area contributed by atoms with E-state index in [0.717, 1.165) is 21.8 Å². The van der Waals surface area contributed by atoms with Gasteiger partial charge in [0.2, 0.25) is 0 Å². The second kappa shape index (κ2) is 7.31. The molecule has 3 aromatic rings. The summed E-state index contributed by atoms with van der Waals surface area (Å²) in [4.78, 5) is 16.1.